The van der Waals surface area contributed by atoms with Gasteiger partial charge in [-0.3, -0.25) is 43.8 Å². The summed E-state index contributed by atoms with van der Waals surface area (Å²) < 4.78 is 55.9. The third-order valence-corrected chi connectivity index (χ3v) is 15.8. The number of imide groups is 2. The number of ether oxygens (including phenoxy) is 10. The average Bonchev–Trinajstić information content (AvgIpc) is 1.64. The van der Waals surface area contributed by atoms with Crippen LogP contribution in [0.1, 0.15) is 158 Å². The third-order valence-electron chi connectivity index (χ3n) is 15.8. The summed E-state index contributed by atoms with van der Waals surface area (Å²) in [4.78, 5) is 105. The lowest BCUT2D eigenvalue weighted by atomic mass is 9.91. The number of aryl methyl sites for hydroxylation is 4. The fourth-order valence-corrected chi connectivity index (χ4v) is 10.9. The van der Waals surface area contributed by atoms with Gasteiger partial charge in [0, 0.05) is 52.2 Å². The molecule has 21 nitrogen and oxygen atoms in total. The first kappa shape index (κ1) is 71.5. The summed E-state index contributed by atoms with van der Waals surface area (Å²) in [5.74, 6) is -1.79. The molecule has 7 rings (SSSR count). The SMILES string of the molecule is CCOCCOCCCC(=O)COc1cccc2c1C(=O)N(C1CCC(=O)NC1=O)C2=O.CCOCCOCCOCCCC(=O)COc1cccc(C(CCc2ccc(C)c(C)c2)OC(=O)[C@@H]2CCCCN2C(=O)[C@@H](CC)c2cc(C)c(OC)c(OC)c2)c1. The topological polar surface area (TPSA) is 247 Å². The summed E-state index contributed by atoms with van der Waals surface area (Å²) in [6, 6.07) is 20.4. The monoisotopic (exact) mass is 1250 g/mol. The number of Topliss-reactive ketones (excluding diaryl/α,β-unsaturated/α-hetero) is 2. The number of piperidine rings is 2. The Morgan fingerprint density at radius 2 is 1.29 bits per heavy atom. The molecule has 90 heavy (non-hydrogen) atoms. The van der Waals surface area contributed by atoms with Crippen LogP contribution in [0.25, 0.3) is 0 Å². The van der Waals surface area contributed by atoms with Gasteiger partial charge < -0.3 is 52.3 Å². The van der Waals surface area contributed by atoms with Crippen molar-refractivity contribution in [3.63, 3.8) is 0 Å². The summed E-state index contributed by atoms with van der Waals surface area (Å²) in [5.41, 5.74) is 6.15. The van der Waals surface area contributed by atoms with Crippen LogP contribution < -0.4 is 24.3 Å². The molecule has 4 aromatic carbocycles. The van der Waals surface area contributed by atoms with Crippen LogP contribution in [0, 0.1) is 20.8 Å². The number of likely N-dealkylation sites (tertiary alicyclic amines) is 1. The van der Waals surface area contributed by atoms with Crippen molar-refractivity contribution in [3.05, 3.63) is 117 Å². The van der Waals surface area contributed by atoms with Crippen molar-refractivity contribution < 1.29 is 85.7 Å². The van der Waals surface area contributed by atoms with E-state index in [4.69, 9.17) is 47.4 Å². The fourth-order valence-electron chi connectivity index (χ4n) is 10.9. The first-order valence-electron chi connectivity index (χ1n) is 31.5. The number of carbonyl (C=O) groups excluding carboxylic acids is 8. The maximum Gasteiger partial charge on any atom is 0.329 e. The minimum Gasteiger partial charge on any atom is -0.493 e. The van der Waals surface area contributed by atoms with Gasteiger partial charge in [0.2, 0.25) is 17.7 Å². The molecule has 490 valence electrons. The molecule has 5 amide bonds. The Morgan fingerprint density at radius 3 is 1.92 bits per heavy atom. The molecule has 4 atom stereocenters. The summed E-state index contributed by atoms with van der Waals surface area (Å²) in [6.45, 7) is 17.3. The lowest BCUT2D eigenvalue weighted by Crippen LogP contribution is -2.54. The molecule has 0 spiro atoms. The van der Waals surface area contributed by atoms with Gasteiger partial charge in [-0.15, -0.1) is 0 Å². The van der Waals surface area contributed by atoms with Gasteiger partial charge >= 0.3 is 5.97 Å². The smallest absolute Gasteiger partial charge is 0.329 e. The highest BCUT2D eigenvalue weighted by Gasteiger charge is 2.46. The number of nitrogens with one attached hydrogen (secondary N) is 1. The molecular weight excluding hydrogens is 1160 g/mol. The van der Waals surface area contributed by atoms with Crippen LogP contribution in [-0.4, -0.2) is 169 Å². The maximum absolute atomic E-state index is 14.4. The zero-order valence-corrected chi connectivity index (χ0v) is 53.7. The molecule has 0 bridgehead atoms. The molecule has 2 saturated heterocycles. The molecule has 21 heteroatoms. The highest BCUT2D eigenvalue weighted by atomic mass is 16.6. The molecule has 3 aliphatic heterocycles. The van der Waals surface area contributed by atoms with E-state index >= 15 is 0 Å². The van der Waals surface area contributed by atoms with Crippen LogP contribution in [0.4, 0.5) is 0 Å². The Labute approximate surface area is 529 Å². The summed E-state index contributed by atoms with van der Waals surface area (Å²) in [6.07, 6.45) is 5.10. The molecule has 4 aromatic rings. The van der Waals surface area contributed by atoms with Crippen molar-refractivity contribution in [1.82, 2.24) is 15.1 Å². The number of nitrogens with zero attached hydrogens (tertiary/aromatic N) is 2. The van der Waals surface area contributed by atoms with E-state index in [0.29, 0.717) is 135 Å². The number of methoxy groups -OCH3 is 2. The van der Waals surface area contributed by atoms with Crippen molar-refractivity contribution in [3.8, 4) is 23.0 Å². The Kier molecular flexibility index (Phi) is 29.8. The molecule has 3 heterocycles. The molecule has 0 aromatic heterocycles. The standard InChI is InChI=1S/C47H65NO10.C22H26N2O8/c1-8-41(38-29-35(5)45(53-7)44(31-38)52-6)46(50)48-22-11-10-17-42(48)47(51)58-43(21-20-36-19-18-33(3)34(4)28-36)37-14-12-16-40(30-37)57-32-39(49)15-13-23-55-26-27-56-25-24-54-9-2;1-2-30-11-12-31-10-4-5-14(25)13-32-17-7-3-6-15-19(17)22(29)24(21(15)28)16-8-9-18(26)23-20(16)27/h12,14,16,18-19,28-31,41-43H,8-11,13,15,17,20-27,32H2,1-7H3;3,6-7,16H,2,4-5,8-13H2,1H3,(H,23,26,27)/t41-,42-,43?;/m0./s1. The number of carbonyl (C=O) groups is 8. The quantitative estimate of drug-likeness (QED) is 0.0251. The number of amides is 5. The van der Waals surface area contributed by atoms with Crippen molar-refractivity contribution in [2.75, 3.05) is 100 Å². The predicted octanol–water partition coefficient (Wildman–Crippen LogP) is 9.09. The van der Waals surface area contributed by atoms with E-state index in [2.05, 4.69) is 37.4 Å². The Morgan fingerprint density at radius 1 is 0.633 bits per heavy atom. The highest BCUT2D eigenvalue weighted by Crippen LogP contribution is 2.38. The van der Waals surface area contributed by atoms with Crippen LogP contribution >= 0.6 is 0 Å². The van der Waals surface area contributed by atoms with Gasteiger partial charge in [0.05, 0.1) is 70.9 Å². The lowest BCUT2D eigenvalue weighted by molar-refractivity contribution is -0.162. The van der Waals surface area contributed by atoms with E-state index in [1.165, 1.54) is 23.3 Å². The van der Waals surface area contributed by atoms with Crippen LogP contribution in [0.2, 0.25) is 0 Å². The van der Waals surface area contributed by atoms with Crippen LogP contribution in [0.3, 0.4) is 0 Å². The third kappa shape index (κ3) is 21.0. The van der Waals surface area contributed by atoms with E-state index in [1.54, 1.807) is 31.3 Å². The van der Waals surface area contributed by atoms with Crippen LogP contribution in [0.15, 0.2) is 72.8 Å². The number of ketones is 2. The number of hydrogen-bond acceptors (Lipinski definition) is 18. The Balaban J connectivity index is 0.000000338. The first-order valence-corrected chi connectivity index (χ1v) is 31.5. The highest BCUT2D eigenvalue weighted by molar-refractivity contribution is 6.24. The van der Waals surface area contributed by atoms with Crippen molar-refractivity contribution >= 4 is 47.1 Å². The zero-order chi connectivity index (χ0) is 65.0. The Bertz CT molecular complexity index is 3060. The normalized spacial score (nSPS) is 16.1. The molecular formula is C69H91N3O18. The summed E-state index contributed by atoms with van der Waals surface area (Å²) in [5, 5.41) is 2.15. The molecule has 2 fully saturated rings. The number of hydrogen-bond donors (Lipinski definition) is 1. The Hall–Kier alpha value is -7.56. The van der Waals surface area contributed by atoms with Crippen molar-refractivity contribution in [1.29, 1.82) is 0 Å². The fraction of sp³-hybridized carbons (Fsp3) is 0.536. The summed E-state index contributed by atoms with van der Waals surface area (Å²) >= 11 is 0. The lowest BCUT2D eigenvalue weighted by Gasteiger charge is -2.37. The van der Waals surface area contributed by atoms with Gasteiger partial charge in [0.1, 0.15) is 42.9 Å². The van der Waals surface area contributed by atoms with Gasteiger partial charge in [-0.2, -0.15) is 0 Å². The zero-order valence-electron chi connectivity index (χ0n) is 53.7. The predicted molar refractivity (Wildman–Crippen MR) is 334 cm³/mol. The van der Waals surface area contributed by atoms with Gasteiger partial charge in [0.25, 0.3) is 11.8 Å². The van der Waals surface area contributed by atoms with Gasteiger partial charge in [-0.25, -0.2) is 4.79 Å². The van der Waals surface area contributed by atoms with Crippen molar-refractivity contribution in [2.24, 2.45) is 0 Å². The van der Waals surface area contributed by atoms with E-state index in [9.17, 15) is 38.4 Å². The van der Waals surface area contributed by atoms with Crippen LogP contribution in [0.5, 0.6) is 23.0 Å². The van der Waals surface area contributed by atoms with Gasteiger partial charge in [-0.05, 0) is 156 Å². The molecule has 0 aliphatic carbocycles. The van der Waals surface area contributed by atoms with E-state index in [1.807, 2.05) is 58.0 Å². The molecule has 0 saturated carbocycles. The number of esters is 1. The minimum absolute atomic E-state index is 0.0225. The van der Waals surface area contributed by atoms with Gasteiger partial charge in [-0.1, -0.05) is 49.4 Å². The second kappa shape index (κ2) is 37.6. The second-order valence-corrected chi connectivity index (χ2v) is 22.3. The molecule has 0 radical (unpaired) electrons. The maximum atomic E-state index is 14.4. The van der Waals surface area contributed by atoms with E-state index in [0.717, 1.165) is 40.0 Å². The van der Waals surface area contributed by atoms with Gasteiger partial charge in [0.15, 0.2) is 23.1 Å². The molecule has 3 aliphatic rings. The summed E-state index contributed by atoms with van der Waals surface area (Å²) in [7, 11) is 3.18. The molecule has 1 N–H and O–H groups in total. The minimum atomic E-state index is -1.06. The average molecular weight is 1250 g/mol. The molecule has 2 unspecified atom stereocenters. The first-order chi connectivity index (χ1) is 43.5. The van der Waals surface area contributed by atoms with E-state index in [-0.39, 0.29) is 66.8 Å². The second-order valence-electron chi connectivity index (χ2n) is 22.3. The van der Waals surface area contributed by atoms with E-state index < -0.39 is 53.7 Å². The number of rotatable bonds is 37. The van der Waals surface area contributed by atoms with Crippen LogP contribution in [-0.2, 0) is 63.6 Å². The largest absolute Gasteiger partial charge is 0.493 e. The number of fused-ring (bicyclic) bond motifs is 1. The van der Waals surface area contributed by atoms with Crippen molar-refractivity contribution in [2.45, 2.75) is 143 Å². The number of benzene rings is 4.